The summed E-state index contributed by atoms with van der Waals surface area (Å²) in [5.41, 5.74) is 6.01. The smallest absolute Gasteiger partial charge is 0.0406 e. The zero-order chi connectivity index (χ0) is 13.1. The average molecular weight is 258 g/mol. The van der Waals surface area contributed by atoms with Crippen LogP contribution >= 0.6 is 11.6 Å². The molecule has 1 atom stereocenters. The summed E-state index contributed by atoms with van der Waals surface area (Å²) >= 11 is 5.97. The number of fused-ring (bicyclic) bond motifs is 1. The third kappa shape index (κ3) is 1.52. The highest BCUT2D eigenvalue weighted by Gasteiger charge is 2.48. The summed E-state index contributed by atoms with van der Waals surface area (Å²) in [7, 11) is 0. The summed E-state index contributed by atoms with van der Waals surface area (Å²) in [5, 5.41) is 0.797. The fourth-order valence-electron chi connectivity index (χ4n) is 3.27. The van der Waals surface area contributed by atoms with Crippen molar-refractivity contribution in [1.29, 1.82) is 0 Å². The summed E-state index contributed by atoms with van der Waals surface area (Å²) in [6.45, 7) is 9.14. The molecule has 0 amide bonds. The highest BCUT2D eigenvalue weighted by Crippen LogP contribution is 2.59. The second kappa shape index (κ2) is 3.51. The molecular formula is C17H18Cl. The predicted molar refractivity (Wildman–Crippen MR) is 76.7 cm³/mol. The third-order valence-corrected chi connectivity index (χ3v) is 4.39. The van der Waals surface area contributed by atoms with Crippen LogP contribution in [-0.2, 0) is 5.41 Å². The lowest BCUT2D eigenvalue weighted by Crippen LogP contribution is -2.25. The van der Waals surface area contributed by atoms with Crippen molar-refractivity contribution in [2.24, 2.45) is 5.41 Å². The van der Waals surface area contributed by atoms with E-state index in [9.17, 15) is 0 Å². The van der Waals surface area contributed by atoms with Gasteiger partial charge in [-0.1, -0.05) is 44.5 Å². The summed E-state index contributed by atoms with van der Waals surface area (Å²) in [6.07, 6.45) is 4.81. The number of rotatable bonds is 1. The average Bonchev–Trinajstić information content (AvgIpc) is 2.69. The van der Waals surface area contributed by atoms with Gasteiger partial charge in [0.25, 0.3) is 0 Å². The Morgan fingerprint density at radius 3 is 2.28 bits per heavy atom. The first-order valence-electron chi connectivity index (χ1n) is 6.47. The van der Waals surface area contributed by atoms with Crippen LogP contribution in [0, 0.1) is 11.5 Å². The molecule has 1 radical (unpaired) electrons. The minimum atomic E-state index is -0.0253. The SMILES string of the molecule is CC(C)(C)C1=C2CC1=[C]C2(C)c1ccc(Cl)cc1. The molecule has 1 aromatic carbocycles. The van der Waals surface area contributed by atoms with Gasteiger partial charge in [0.1, 0.15) is 0 Å². The van der Waals surface area contributed by atoms with Crippen molar-refractivity contribution in [3.8, 4) is 0 Å². The molecule has 0 aliphatic heterocycles. The number of halogens is 1. The van der Waals surface area contributed by atoms with Gasteiger partial charge in [-0.25, -0.2) is 0 Å². The second-order valence-electron chi connectivity index (χ2n) is 6.52. The van der Waals surface area contributed by atoms with Crippen LogP contribution < -0.4 is 0 Å². The van der Waals surface area contributed by atoms with Gasteiger partial charge in [-0.2, -0.15) is 0 Å². The first-order chi connectivity index (χ1) is 8.32. The van der Waals surface area contributed by atoms with E-state index in [1.54, 1.807) is 5.57 Å². The van der Waals surface area contributed by atoms with Crippen molar-refractivity contribution in [1.82, 2.24) is 0 Å². The lowest BCUT2D eigenvalue weighted by atomic mass is 9.68. The van der Waals surface area contributed by atoms with Gasteiger partial charge in [0.2, 0.25) is 0 Å². The van der Waals surface area contributed by atoms with Crippen LogP contribution in [0.2, 0.25) is 5.02 Å². The molecule has 3 aliphatic rings. The molecular weight excluding hydrogens is 240 g/mol. The largest absolute Gasteiger partial charge is 0.0843 e. The highest BCUT2D eigenvalue weighted by atomic mass is 35.5. The van der Waals surface area contributed by atoms with Gasteiger partial charge in [0.15, 0.2) is 0 Å². The van der Waals surface area contributed by atoms with Crippen molar-refractivity contribution in [3.63, 3.8) is 0 Å². The highest BCUT2D eigenvalue weighted by molar-refractivity contribution is 6.30. The standard InChI is InChI=1S/C17H18Cl/c1-16(2,3)15-11-9-14(15)17(4,10-11)12-5-7-13(18)8-6-12/h5-8H,9H2,1-4H3. The molecule has 0 saturated carbocycles. The van der Waals surface area contributed by atoms with Crippen LogP contribution in [0.25, 0.3) is 0 Å². The van der Waals surface area contributed by atoms with Gasteiger partial charge < -0.3 is 0 Å². The van der Waals surface area contributed by atoms with Crippen molar-refractivity contribution < 1.29 is 0 Å². The molecule has 0 nitrogen and oxygen atoms in total. The fraction of sp³-hybridized carbons (Fsp3) is 0.412. The Labute approximate surface area is 114 Å². The van der Waals surface area contributed by atoms with Crippen LogP contribution in [0.3, 0.4) is 0 Å². The molecule has 1 aromatic rings. The van der Waals surface area contributed by atoms with E-state index < -0.39 is 0 Å². The van der Waals surface area contributed by atoms with Crippen LogP contribution in [0.15, 0.2) is 41.0 Å². The van der Waals surface area contributed by atoms with Crippen LogP contribution in [-0.4, -0.2) is 0 Å². The zero-order valence-electron chi connectivity index (χ0n) is 11.4. The maximum atomic E-state index is 5.97. The molecule has 0 aromatic heterocycles. The molecule has 0 heterocycles. The molecule has 1 heteroatoms. The molecule has 1 unspecified atom stereocenters. The monoisotopic (exact) mass is 257 g/mol. The first kappa shape index (κ1) is 12.0. The summed E-state index contributed by atoms with van der Waals surface area (Å²) in [4.78, 5) is 0. The topological polar surface area (TPSA) is 0 Å². The quantitative estimate of drug-likeness (QED) is 0.658. The first-order valence-corrected chi connectivity index (χ1v) is 6.85. The molecule has 0 N–H and O–H groups in total. The Hall–Kier alpha value is -1.01. The minimum absolute atomic E-state index is 0.0253. The summed E-state index contributed by atoms with van der Waals surface area (Å²) < 4.78 is 0. The Morgan fingerprint density at radius 2 is 1.78 bits per heavy atom. The van der Waals surface area contributed by atoms with Crippen molar-refractivity contribution >= 4 is 11.6 Å². The Bertz CT molecular complexity index is 567. The summed E-state index contributed by atoms with van der Waals surface area (Å²) in [5.74, 6) is 0. The summed E-state index contributed by atoms with van der Waals surface area (Å²) in [6, 6.07) is 8.21. The van der Waals surface area contributed by atoms with Crippen LogP contribution in [0.5, 0.6) is 0 Å². The molecule has 2 bridgehead atoms. The zero-order valence-corrected chi connectivity index (χ0v) is 12.2. The molecule has 0 fully saturated rings. The predicted octanol–water partition coefficient (Wildman–Crippen LogP) is 5.09. The molecule has 93 valence electrons. The van der Waals surface area contributed by atoms with E-state index in [1.165, 1.54) is 16.7 Å². The lowest BCUT2D eigenvalue weighted by molar-refractivity contribution is 0.481. The fourth-order valence-corrected chi connectivity index (χ4v) is 3.40. The van der Waals surface area contributed by atoms with Gasteiger partial charge in [0, 0.05) is 10.4 Å². The second-order valence-corrected chi connectivity index (χ2v) is 6.95. The van der Waals surface area contributed by atoms with E-state index in [4.69, 9.17) is 11.6 Å². The van der Waals surface area contributed by atoms with Gasteiger partial charge in [-0.3, -0.25) is 0 Å². The van der Waals surface area contributed by atoms with Gasteiger partial charge in [-0.15, -0.1) is 0 Å². The van der Waals surface area contributed by atoms with Gasteiger partial charge in [-0.05, 0) is 59.3 Å². The normalized spacial score (nSPS) is 26.2. The van der Waals surface area contributed by atoms with E-state index in [0.29, 0.717) is 0 Å². The Kier molecular flexibility index (Phi) is 2.35. The Balaban J connectivity index is 2.08. The van der Waals surface area contributed by atoms with Gasteiger partial charge >= 0.3 is 0 Å². The maximum absolute atomic E-state index is 5.97. The number of allylic oxidation sites excluding steroid dienone is 4. The minimum Gasteiger partial charge on any atom is -0.0843 e. The van der Waals surface area contributed by atoms with Gasteiger partial charge in [0.05, 0.1) is 0 Å². The number of hydrogen-bond acceptors (Lipinski definition) is 0. The molecule has 0 spiro atoms. The number of hydrogen-bond donors (Lipinski definition) is 0. The van der Waals surface area contributed by atoms with E-state index in [0.717, 1.165) is 11.4 Å². The lowest BCUT2D eigenvalue weighted by Gasteiger charge is -2.36. The molecule has 18 heavy (non-hydrogen) atoms. The third-order valence-electron chi connectivity index (χ3n) is 4.13. The molecule has 3 aliphatic carbocycles. The molecule has 0 saturated heterocycles. The van der Waals surface area contributed by atoms with Crippen molar-refractivity contribution in [2.45, 2.75) is 39.5 Å². The maximum Gasteiger partial charge on any atom is 0.0406 e. The van der Waals surface area contributed by atoms with Crippen LogP contribution in [0.1, 0.15) is 39.7 Å². The van der Waals surface area contributed by atoms with E-state index in [-0.39, 0.29) is 10.8 Å². The number of benzene rings is 1. The van der Waals surface area contributed by atoms with Crippen molar-refractivity contribution in [3.05, 3.63) is 57.6 Å². The van der Waals surface area contributed by atoms with Crippen LogP contribution in [0.4, 0.5) is 0 Å². The van der Waals surface area contributed by atoms with E-state index in [1.807, 2.05) is 12.1 Å². The molecule has 4 rings (SSSR count). The van der Waals surface area contributed by atoms with E-state index >= 15 is 0 Å². The Morgan fingerprint density at radius 1 is 1.17 bits per heavy atom. The van der Waals surface area contributed by atoms with Crippen molar-refractivity contribution in [2.75, 3.05) is 0 Å². The van der Waals surface area contributed by atoms with E-state index in [2.05, 4.69) is 45.9 Å².